The van der Waals surface area contributed by atoms with E-state index in [0.717, 1.165) is 24.2 Å². The van der Waals surface area contributed by atoms with Crippen molar-refractivity contribution in [2.75, 3.05) is 6.54 Å². The second-order valence-electron chi connectivity index (χ2n) is 4.70. The molecule has 0 fully saturated rings. The molecule has 108 valence electrons. The zero-order chi connectivity index (χ0) is 15.0. The summed E-state index contributed by atoms with van der Waals surface area (Å²) in [5.74, 6) is -0.475. The van der Waals surface area contributed by atoms with Crippen LogP contribution in [-0.4, -0.2) is 27.3 Å². The highest BCUT2D eigenvalue weighted by atomic mass is 32.1. The third-order valence-electron chi connectivity index (χ3n) is 3.42. The minimum absolute atomic E-state index is 0.192. The first-order valence-electron chi connectivity index (χ1n) is 6.28. The molecule has 0 saturated carbocycles. The van der Waals surface area contributed by atoms with Crippen LogP contribution in [-0.2, 0) is 13.0 Å². The Balaban J connectivity index is 1.91. The Kier molecular flexibility index (Phi) is 3.30. The van der Waals surface area contributed by atoms with E-state index in [4.69, 9.17) is 0 Å². The van der Waals surface area contributed by atoms with E-state index < -0.39 is 16.4 Å². The first kappa shape index (κ1) is 13.5. The SMILES string of the molecule is O=C(c1cc([N+](=O)[O-])c[nH]c1=O)N1CCc2sccc2C1. The van der Waals surface area contributed by atoms with Crippen LogP contribution in [0.25, 0.3) is 0 Å². The monoisotopic (exact) mass is 305 g/mol. The summed E-state index contributed by atoms with van der Waals surface area (Å²) in [5.41, 5.74) is -0.0303. The van der Waals surface area contributed by atoms with E-state index in [0.29, 0.717) is 13.1 Å². The molecule has 0 unspecified atom stereocenters. The Morgan fingerprint density at radius 3 is 3.05 bits per heavy atom. The Labute approximate surface area is 123 Å². The maximum absolute atomic E-state index is 12.4. The van der Waals surface area contributed by atoms with Crippen LogP contribution in [0.2, 0.25) is 0 Å². The molecule has 1 amide bonds. The number of amides is 1. The largest absolute Gasteiger partial charge is 0.334 e. The summed E-state index contributed by atoms with van der Waals surface area (Å²) >= 11 is 1.65. The molecule has 3 rings (SSSR count). The van der Waals surface area contributed by atoms with Gasteiger partial charge in [0.2, 0.25) is 0 Å². The zero-order valence-electron chi connectivity index (χ0n) is 10.9. The first-order chi connectivity index (χ1) is 10.1. The zero-order valence-corrected chi connectivity index (χ0v) is 11.7. The maximum Gasteiger partial charge on any atom is 0.286 e. The van der Waals surface area contributed by atoms with Gasteiger partial charge in [-0.15, -0.1) is 11.3 Å². The molecule has 8 heteroatoms. The molecule has 0 aromatic carbocycles. The van der Waals surface area contributed by atoms with Gasteiger partial charge < -0.3 is 9.88 Å². The van der Waals surface area contributed by atoms with Crippen molar-refractivity contribution >= 4 is 22.9 Å². The van der Waals surface area contributed by atoms with E-state index in [1.807, 2.05) is 11.4 Å². The van der Waals surface area contributed by atoms with Crippen molar-refractivity contribution < 1.29 is 9.72 Å². The number of carbonyl (C=O) groups excluding carboxylic acids is 1. The molecule has 21 heavy (non-hydrogen) atoms. The molecule has 3 heterocycles. The number of pyridine rings is 1. The van der Waals surface area contributed by atoms with Crippen LogP contribution in [0.5, 0.6) is 0 Å². The lowest BCUT2D eigenvalue weighted by molar-refractivity contribution is -0.385. The van der Waals surface area contributed by atoms with Crippen LogP contribution >= 0.6 is 11.3 Å². The van der Waals surface area contributed by atoms with Crippen molar-refractivity contribution in [3.05, 3.63) is 60.2 Å². The molecule has 0 atom stereocenters. The number of aromatic nitrogens is 1. The third kappa shape index (κ3) is 2.45. The van der Waals surface area contributed by atoms with Gasteiger partial charge in [0.1, 0.15) is 5.56 Å². The molecule has 0 saturated heterocycles. The normalized spacial score (nSPS) is 13.8. The fourth-order valence-electron chi connectivity index (χ4n) is 2.33. The molecule has 2 aromatic rings. The van der Waals surface area contributed by atoms with Crippen LogP contribution in [0.1, 0.15) is 20.8 Å². The molecule has 7 nitrogen and oxygen atoms in total. The quantitative estimate of drug-likeness (QED) is 0.672. The Morgan fingerprint density at radius 2 is 2.29 bits per heavy atom. The number of hydrogen-bond donors (Lipinski definition) is 1. The van der Waals surface area contributed by atoms with Crippen LogP contribution in [0.3, 0.4) is 0 Å². The number of hydrogen-bond acceptors (Lipinski definition) is 5. The van der Waals surface area contributed by atoms with E-state index in [9.17, 15) is 19.7 Å². The van der Waals surface area contributed by atoms with Gasteiger partial charge in [-0.1, -0.05) is 0 Å². The molecule has 1 N–H and O–H groups in total. The molecule has 0 aliphatic carbocycles. The fraction of sp³-hybridized carbons (Fsp3) is 0.231. The smallest absolute Gasteiger partial charge is 0.286 e. The summed E-state index contributed by atoms with van der Waals surface area (Å²) in [7, 11) is 0. The second kappa shape index (κ2) is 5.13. The van der Waals surface area contributed by atoms with Gasteiger partial charge in [0.25, 0.3) is 17.2 Å². The topological polar surface area (TPSA) is 96.3 Å². The number of H-pyrrole nitrogens is 1. The molecular formula is C13H11N3O4S. The van der Waals surface area contributed by atoms with Gasteiger partial charge in [0.05, 0.1) is 11.1 Å². The third-order valence-corrected chi connectivity index (χ3v) is 4.45. The Morgan fingerprint density at radius 1 is 1.48 bits per heavy atom. The number of nitro groups is 1. The summed E-state index contributed by atoms with van der Waals surface area (Å²) in [6.45, 7) is 0.939. The highest BCUT2D eigenvalue weighted by molar-refractivity contribution is 7.10. The lowest BCUT2D eigenvalue weighted by atomic mass is 10.1. The van der Waals surface area contributed by atoms with Crippen molar-refractivity contribution in [3.63, 3.8) is 0 Å². The number of carbonyl (C=O) groups is 1. The van der Waals surface area contributed by atoms with E-state index in [1.165, 1.54) is 4.88 Å². The summed E-state index contributed by atoms with van der Waals surface area (Å²) in [6, 6.07) is 2.99. The number of fused-ring (bicyclic) bond motifs is 1. The number of nitrogens with zero attached hydrogens (tertiary/aromatic N) is 2. The standard InChI is InChI=1S/C13H11N3O4S/c17-12-10(5-9(6-14-12)16(19)20)13(18)15-3-1-11-8(7-15)2-4-21-11/h2,4-6H,1,3,7H2,(H,14,17). The summed E-state index contributed by atoms with van der Waals surface area (Å²) in [6.07, 6.45) is 1.73. The van der Waals surface area contributed by atoms with E-state index in [-0.39, 0.29) is 11.3 Å². The van der Waals surface area contributed by atoms with Crippen LogP contribution in [0.15, 0.2) is 28.5 Å². The minimum atomic E-state index is -0.639. The van der Waals surface area contributed by atoms with Gasteiger partial charge in [-0.3, -0.25) is 19.7 Å². The van der Waals surface area contributed by atoms with Gasteiger partial charge in [0.15, 0.2) is 0 Å². The highest BCUT2D eigenvalue weighted by Crippen LogP contribution is 2.24. The van der Waals surface area contributed by atoms with Crippen molar-refractivity contribution in [2.24, 2.45) is 0 Å². The molecule has 0 spiro atoms. The molecular weight excluding hydrogens is 294 g/mol. The van der Waals surface area contributed by atoms with Gasteiger partial charge in [0, 0.05) is 24.0 Å². The second-order valence-corrected chi connectivity index (χ2v) is 5.70. The van der Waals surface area contributed by atoms with Gasteiger partial charge in [-0.05, 0) is 23.4 Å². The summed E-state index contributed by atoms with van der Waals surface area (Å²) in [4.78, 5) is 39.3. The minimum Gasteiger partial charge on any atom is -0.334 e. The molecule has 1 aliphatic heterocycles. The number of thiophene rings is 1. The van der Waals surface area contributed by atoms with E-state index >= 15 is 0 Å². The molecule has 2 aromatic heterocycles. The average molecular weight is 305 g/mol. The fourth-order valence-corrected chi connectivity index (χ4v) is 3.22. The van der Waals surface area contributed by atoms with Crippen LogP contribution < -0.4 is 5.56 Å². The van der Waals surface area contributed by atoms with Crippen molar-refractivity contribution in [1.82, 2.24) is 9.88 Å². The van der Waals surface area contributed by atoms with Crippen LogP contribution in [0.4, 0.5) is 5.69 Å². The van der Waals surface area contributed by atoms with Crippen LogP contribution in [0, 0.1) is 10.1 Å². The van der Waals surface area contributed by atoms with Gasteiger partial charge in [-0.2, -0.15) is 0 Å². The number of aromatic amines is 1. The van der Waals surface area contributed by atoms with Gasteiger partial charge in [-0.25, -0.2) is 0 Å². The lowest BCUT2D eigenvalue weighted by Crippen LogP contribution is -2.38. The summed E-state index contributed by atoms with van der Waals surface area (Å²) in [5, 5.41) is 12.7. The predicted octanol–water partition coefficient (Wildman–Crippen LogP) is 1.54. The number of nitrogens with one attached hydrogen (secondary N) is 1. The maximum atomic E-state index is 12.4. The van der Waals surface area contributed by atoms with E-state index in [1.54, 1.807) is 16.2 Å². The lowest BCUT2D eigenvalue weighted by Gasteiger charge is -2.26. The predicted molar refractivity (Wildman–Crippen MR) is 76.5 cm³/mol. The van der Waals surface area contributed by atoms with Crippen molar-refractivity contribution in [1.29, 1.82) is 0 Å². The Bertz CT molecular complexity index is 780. The number of rotatable bonds is 2. The van der Waals surface area contributed by atoms with Crippen molar-refractivity contribution in [3.8, 4) is 0 Å². The first-order valence-corrected chi connectivity index (χ1v) is 7.16. The summed E-state index contributed by atoms with van der Waals surface area (Å²) < 4.78 is 0. The Hall–Kier alpha value is -2.48. The average Bonchev–Trinajstić information content (AvgIpc) is 2.94. The van der Waals surface area contributed by atoms with E-state index in [2.05, 4.69) is 4.98 Å². The van der Waals surface area contributed by atoms with Gasteiger partial charge >= 0.3 is 0 Å². The highest BCUT2D eigenvalue weighted by Gasteiger charge is 2.25. The van der Waals surface area contributed by atoms with Crippen molar-refractivity contribution in [2.45, 2.75) is 13.0 Å². The molecule has 0 radical (unpaired) electrons. The molecule has 1 aliphatic rings. The molecule has 0 bridgehead atoms.